The van der Waals surface area contributed by atoms with E-state index < -0.39 is 29.4 Å². The maximum Gasteiger partial charge on any atom is 0.490 e. The quantitative estimate of drug-likeness (QED) is 0.209. The second-order valence-electron chi connectivity index (χ2n) is 12.4. The molecule has 0 unspecified atom stereocenters. The summed E-state index contributed by atoms with van der Waals surface area (Å²) in [5.41, 5.74) is 6.45. The van der Waals surface area contributed by atoms with Gasteiger partial charge in [-0.05, 0) is 74.1 Å². The Kier molecular flexibility index (Phi) is 10.3. The van der Waals surface area contributed by atoms with Crippen LogP contribution in [-0.2, 0) is 29.7 Å². The van der Waals surface area contributed by atoms with Gasteiger partial charge >= 0.3 is 18.1 Å². The number of carboxylic acids is 2. The van der Waals surface area contributed by atoms with Gasteiger partial charge in [-0.1, -0.05) is 48.5 Å². The molecule has 1 aliphatic rings. The van der Waals surface area contributed by atoms with Crippen molar-refractivity contribution in [3.63, 3.8) is 0 Å². The molecule has 1 aliphatic heterocycles. The van der Waals surface area contributed by atoms with Crippen LogP contribution in [-0.4, -0.2) is 60.9 Å². The van der Waals surface area contributed by atoms with E-state index in [-0.39, 0.29) is 11.9 Å². The number of aliphatic carboxylic acids is 2. The zero-order valence-corrected chi connectivity index (χ0v) is 27.0. The molecule has 5 rings (SSSR count). The first kappa shape index (κ1) is 35.3. The van der Waals surface area contributed by atoms with Crippen LogP contribution in [0.5, 0.6) is 5.75 Å². The van der Waals surface area contributed by atoms with E-state index >= 15 is 0 Å². The Bertz CT molecular complexity index is 1790. The van der Waals surface area contributed by atoms with Crippen LogP contribution in [0.4, 0.5) is 17.6 Å². The maximum absolute atomic E-state index is 14.6. The van der Waals surface area contributed by atoms with Gasteiger partial charge in [0.1, 0.15) is 11.6 Å². The minimum Gasteiger partial charge on any atom is -0.486 e. The predicted octanol–water partition coefficient (Wildman–Crippen LogP) is 6.77. The van der Waals surface area contributed by atoms with Crippen LogP contribution in [0.2, 0.25) is 0 Å². The number of fused-ring (bicyclic) bond motifs is 2. The number of hydrogen-bond donors (Lipinski definition) is 2. The van der Waals surface area contributed by atoms with Gasteiger partial charge in [0.2, 0.25) is 0 Å². The Balaban J connectivity index is 0.000000644. The summed E-state index contributed by atoms with van der Waals surface area (Å²) in [7, 11) is 1.85. The molecule has 47 heavy (non-hydrogen) atoms. The summed E-state index contributed by atoms with van der Waals surface area (Å²) >= 11 is 0. The van der Waals surface area contributed by atoms with Crippen LogP contribution in [0.3, 0.4) is 0 Å². The van der Waals surface area contributed by atoms with Gasteiger partial charge in [-0.15, -0.1) is 5.10 Å². The van der Waals surface area contributed by atoms with E-state index in [9.17, 15) is 27.5 Å². The highest BCUT2D eigenvalue weighted by Crippen LogP contribution is 2.44. The predicted molar refractivity (Wildman–Crippen MR) is 167 cm³/mol. The van der Waals surface area contributed by atoms with Crippen molar-refractivity contribution in [3.8, 4) is 5.75 Å². The number of hydrogen-bond acceptors (Lipinski definition) is 6. The van der Waals surface area contributed by atoms with Crippen LogP contribution >= 0.6 is 0 Å². The SMILES string of the molecule is CC[C@@H]1CN(Cc2cc([C@@H](c3ccc4c(nnn4C)c3C)C(C)(C)C(=O)O)ccc2C)Cc2cccc(F)c2O1.O=C(O)C(F)(F)F. The number of alkyl halides is 3. The van der Waals surface area contributed by atoms with Crippen molar-refractivity contribution in [2.45, 2.75) is 72.3 Å². The van der Waals surface area contributed by atoms with E-state index in [1.54, 1.807) is 24.6 Å². The molecule has 252 valence electrons. The molecule has 0 saturated heterocycles. The maximum atomic E-state index is 14.6. The number of para-hydroxylation sites is 1. The molecule has 2 atom stereocenters. The molecule has 0 aliphatic carbocycles. The van der Waals surface area contributed by atoms with Gasteiger partial charge in [0.05, 0.1) is 10.9 Å². The number of benzene rings is 3. The molecule has 0 amide bonds. The Labute approximate surface area is 269 Å². The third-order valence-electron chi connectivity index (χ3n) is 8.65. The van der Waals surface area contributed by atoms with Crippen LogP contribution in [0.25, 0.3) is 11.0 Å². The lowest BCUT2D eigenvalue weighted by atomic mass is 9.69. The highest BCUT2D eigenvalue weighted by atomic mass is 19.4. The second kappa shape index (κ2) is 13.7. The van der Waals surface area contributed by atoms with E-state index in [0.717, 1.165) is 50.8 Å². The van der Waals surface area contributed by atoms with Crippen LogP contribution < -0.4 is 4.74 Å². The molecule has 9 nitrogen and oxygen atoms in total. The number of aromatic nitrogens is 3. The molecule has 4 aromatic rings. The van der Waals surface area contributed by atoms with Gasteiger partial charge in [-0.2, -0.15) is 13.2 Å². The standard InChI is InChI=1S/C32H37FN4O3.C2HF3O2/c1-7-24-18-37(16-22-9-8-10-26(33)30(22)40-24)17-23-15-21(12-11-19(23)2)28(32(4,5)31(38)39)25-13-14-27-29(20(25)3)34-35-36(27)6;3-2(4,5)1(6)7/h8-15,24,28H,7,16-18H2,1-6H3,(H,38,39);(H,6,7)/t24-,28+;/m1./s1. The fraction of sp³-hybridized carbons (Fsp3) is 0.412. The van der Waals surface area contributed by atoms with Crippen LogP contribution in [0, 0.1) is 25.1 Å². The number of ether oxygens (including phenoxy) is 1. The number of nitrogens with zero attached hydrogens (tertiary/aromatic N) is 4. The molecule has 0 bridgehead atoms. The fourth-order valence-electron chi connectivity index (χ4n) is 5.89. The number of carboxylic acid groups (broad SMARTS) is 2. The molecule has 13 heteroatoms. The first-order chi connectivity index (χ1) is 21.9. The molecule has 2 heterocycles. The van der Waals surface area contributed by atoms with Gasteiger partial charge in [-0.3, -0.25) is 9.69 Å². The largest absolute Gasteiger partial charge is 0.490 e. The van der Waals surface area contributed by atoms with E-state index in [1.165, 1.54) is 6.07 Å². The van der Waals surface area contributed by atoms with Crippen molar-refractivity contribution in [1.29, 1.82) is 0 Å². The number of halogens is 4. The number of aryl methyl sites for hydroxylation is 3. The Morgan fingerprint density at radius 1 is 1.06 bits per heavy atom. The lowest BCUT2D eigenvalue weighted by Gasteiger charge is -2.33. The fourth-order valence-corrected chi connectivity index (χ4v) is 5.89. The van der Waals surface area contributed by atoms with Crippen molar-refractivity contribution in [2.75, 3.05) is 6.54 Å². The molecule has 0 radical (unpaired) electrons. The van der Waals surface area contributed by atoms with E-state index in [0.29, 0.717) is 25.4 Å². The molecule has 1 aromatic heterocycles. The third kappa shape index (κ3) is 7.56. The average molecular weight is 659 g/mol. The van der Waals surface area contributed by atoms with Crippen molar-refractivity contribution >= 4 is 23.0 Å². The van der Waals surface area contributed by atoms with E-state index in [4.69, 9.17) is 14.6 Å². The zero-order chi connectivity index (χ0) is 34.8. The Morgan fingerprint density at radius 3 is 2.36 bits per heavy atom. The Morgan fingerprint density at radius 2 is 1.74 bits per heavy atom. The van der Waals surface area contributed by atoms with E-state index in [1.807, 2.05) is 38.2 Å². The first-order valence-corrected chi connectivity index (χ1v) is 15.0. The average Bonchev–Trinajstić information content (AvgIpc) is 3.27. The molecule has 2 N–H and O–H groups in total. The van der Waals surface area contributed by atoms with Crippen LogP contribution in [0.1, 0.15) is 66.5 Å². The van der Waals surface area contributed by atoms with Gasteiger partial charge in [0.15, 0.2) is 11.6 Å². The van der Waals surface area contributed by atoms with Gasteiger partial charge in [-0.25, -0.2) is 13.9 Å². The first-order valence-electron chi connectivity index (χ1n) is 15.0. The molecular weight excluding hydrogens is 620 g/mol. The van der Waals surface area contributed by atoms with Crippen molar-refractivity contribution in [2.24, 2.45) is 12.5 Å². The normalized spacial score (nSPS) is 16.0. The van der Waals surface area contributed by atoms with Crippen molar-refractivity contribution < 1.29 is 42.1 Å². The summed E-state index contributed by atoms with van der Waals surface area (Å²) in [6, 6.07) is 15.3. The number of carbonyl (C=O) groups is 2. The van der Waals surface area contributed by atoms with Crippen molar-refractivity contribution in [3.05, 3.63) is 87.7 Å². The summed E-state index contributed by atoms with van der Waals surface area (Å²) < 4.78 is 54.1. The van der Waals surface area contributed by atoms with Crippen LogP contribution in [0.15, 0.2) is 48.5 Å². The smallest absolute Gasteiger partial charge is 0.486 e. The van der Waals surface area contributed by atoms with Crippen molar-refractivity contribution in [1.82, 2.24) is 19.9 Å². The molecule has 3 aromatic carbocycles. The summed E-state index contributed by atoms with van der Waals surface area (Å²) in [6.07, 6.45) is -4.44. The number of rotatable bonds is 7. The lowest BCUT2D eigenvalue weighted by Crippen LogP contribution is -2.33. The van der Waals surface area contributed by atoms with E-state index in [2.05, 4.69) is 41.2 Å². The lowest BCUT2D eigenvalue weighted by molar-refractivity contribution is -0.192. The zero-order valence-electron chi connectivity index (χ0n) is 27.0. The highest BCUT2D eigenvalue weighted by molar-refractivity contribution is 5.81. The molecule has 0 fully saturated rings. The highest BCUT2D eigenvalue weighted by Gasteiger charge is 2.40. The summed E-state index contributed by atoms with van der Waals surface area (Å²) in [5, 5.41) is 26.0. The second-order valence-corrected chi connectivity index (χ2v) is 12.4. The van der Waals surface area contributed by atoms with Gasteiger partial charge < -0.3 is 14.9 Å². The third-order valence-corrected chi connectivity index (χ3v) is 8.65. The van der Waals surface area contributed by atoms with Gasteiger partial charge in [0.25, 0.3) is 0 Å². The molecular formula is C34H38F4N4O5. The minimum absolute atomic E-state index is 0.123. The summed E-state index contributed by atoms with van der Waals surface area (Å²) in [5.74, 6) is -4.02. The topological polar surface area (TPSA) is 118 Å². The van der Waals surface area contributed by atoms with Gasteiger partial charge in [0, 0.05) is 38.2 Å². The Hall–Kier alpha value is -4.52. The summed E-state index contributed by atoms with van der Waals surface area (Å²) in [6.45, 7) is 11.6. The summed E-state index contributed by atoms with van der Waals surface area (Å²) in [4.78, 5) is 23.8. The minimum atomic E-state index is -5.08. The molecule has 0 spiro atoms. The molecule has 0 saturated carbocycles. The monoisotopic (exact) mass is 658 g/mol.